The molecule has 0 unspecified atom stereocenters. The van der Waals surface area contributed by atoms with Gasteiger partial charge in [-0.05, 0) is 64.4 Å². The average Bonchev–Trinajstić information content (AvgIpc) is 2.79. The van der Waals surface area contributed by atoms with Gasteiger partial charge in [0.25, 0.3) is 0 Å². The maximum absolute atomic E-state index is 2.37. The third-order valence-corrected chi connectivity index (χ3v) is 6.08. The third kappa shape index (κ3) is 5.00. The zero-order valence-corrected chi connectivity index (χ0v) is 18.3. The number of unbranched alkanes of at least 4 members (excludes halogenated alkanes) is 4. The van der Waals surface area contributed by atoms with Crippen LogP contribution in [-0.2, 0) is 6.42 Å². The Kier molecular flexibility index (Phi) is 6.64. The van der Waals surface area contributed by atoms with Gasteiger partial charge in [-0.25, -0.2) is 0 Å². The van der Waals surface area contributed by atoms with Gasteiger partial charge in [0.2, 0.25) is 0 Å². The fourth-order valence-corrected chi connectivity index (χ4v) is 4.16. The second-order valence-electron chi connectivity index (χ2n) is 8.50. The van der Waals surface area contributed by atoms with Gasteiger partial charge >= 0.3 is 0 Å². The van der Waals surface area contributed by atoms with Crippen molar-refractivity contribution in [1.29, 1.82) is 0 Å². The Labute approximate surface area is 181 Å². The molecule has 0 saturated carbocycles. The van der Waals surface area contributed by atoms with E-state index in [-0.39, 0.29) is 0 Å². The van der Waals surface area contributed by atoms with Crippen molar-refractivity contribution in [3.8, 4) is 22.3 Å². The number of rotatable bonds is 8. The van der Waals surface area contributed by atoms with Crippen LogP contribution in [0.25, 0.3) is 33.0 Å². The summed E-state index contributed by atoms with van der Waals surface area (Å²) in [4.78, 5) is 0. The lowest BCUT2D eigenvalue weighted by molar-refractivity contribution is 0.632. The van der Waals surface area contributed by atoms with Crippen molar-refractivity contribution in [3.05, 3.63) is 96.1 Å². The highest BCUT2D eigenvalue weighted by Gasteiger charge is 2.03. The first kappa shape index (κ1) is 20.4. The summed E-state index contributed by atoms with van der Waals surface area (Å²) in [6.07, 6.45) is 7.90. The molecule has 4 aromatic rings. The minimum absolute atomic E-state index is 1.20. The zero-order valence-electron chi connectivity index (χ0n) is 18.3. The summed E-state index contributed by atoms with van der Waals surface area (Å²) in [5, 5.41) is 2.67. The van der Waals surface area contributed by atoms with Gasteiger partial charge in [-0.1, -0.05) is 117 Å². The highest BCUT2D eigenvalue weighted by molar-refractivity contribution is 5.88. The quantitative estimate of drug-likeness (QED) is 0.262. The van der Waals surface area contributed by atoms with Crippen LogP contribution in [0.4, 0.5) is 0 Å². The fraction of sp³-hybridized carbons (Fsp3) is 0.267. The molecule has 0 bridgehead atoms. The van der Waals surface area contributed by atoms with Crippen molar-refractivity contribution in [2.24, 2.45) is 0 Å². The van der Waals surface area contributed by atoms with Crippen molar-refractivity contribution in [3.63, 3.8) is 0 Å². The van der Waals surface area contributed by atoms with Gasteiger partial charge in [0.05, 0.1) is 0 Å². The molecule has 0 amide bonds. The second kappa shape index (κ2) is 9.76. The number of aryl methyl sites for hydroxylation is 2. The van der Waals surface area contributed by atoms with E-state index < -0.39 is 0 Å². The van der Waals surface area contributed by atoms with Crippen molar-refractivity contribution in [1.82, 2.24) is 0 Å². The first-order valence-electron chi connectivity index (χ1n) is 11.4. The lowest BCUT2D eigenvalue weighted by Crippen LogP contribution is -1.87. The van der Waals surface area contributed by atoms with Gasteiger partial charge in [-0.2, -0.15) is 0 Å². The Morgan fingerprint density at radius 3 is 1.73 bits per heavy atom. The molecule has 0 spiro atoms. The van der Waals surface area contributed by atoms with Gasteiger partial charge in [-0.3, -0.25) is 0 Å². The van der Waals surface area contributed by atoms with Crippen LogP contribution >= 0.6 is 0 Å². The predicted molar refractivity (Wildman–Crippen MR) is 132 cm³/mol. The van der Waals surface area contributed by atoms with E-state index >= 15 is 0 Å². The summed E-state index contributed by atoms with van der Waals surface area (Å²) in [6.45, 7) is 4.40. The lowest BCUT2D eigenvalue weighted by atomic mass is 9.96. The van der Waals surface area contributed by atoms with Gasteiger partial charge < -0.3 is 0 Å². The maximum atomic E-state index is 2.37. The summed E-state index contributed by atoms with van der Waals surface area (Å²) >= 11 is 0. The van der Waals surface area contributed by atoms with Crippen LogP contribution in [0.2, 0.25) is 0 Å². The molecule has 0 aliphatic rings. The third-order valence-electron chi connectivity index (χ3n) is 6.08. The van der Waals surface area contributed by atoms with Crippen LogP contribution in [0.1, 0.15) is 50.2 Å². The largest absolute Gasteiger partial charge is 0.0654 e. The summed E-state index contributed by atoms with van der Waals surface area (Å²) in [5.74, 6) is 0. The van der Waals surface area contributed by atoms with E-state index in [1.807, 2.05) is 0 Å². The molecule has 0 aliphatic heterocycles. The van der Waals surface area contributed by atoms with Crippen molar-refractivity contribution in [2.45, 2.75) is 52.4 Å². The molecule has 0 fully saturated rings. The van der Waals surface area contributed by atoms with E-state index in [1.165, 1.54) is 82.7 Å². The van der Waals surface area contributed by atoms with E-state index in [4.69, 9.17) is 0 Å². The normalized spacial score (nSPS) is 11.1. The average molecular weight is 393 g/mol. The van der Waals surface area contributed by atoms with Crippen LogP contribution in [-0.4, -0.2) is 0 Å². The van der Waals surface area contributed by atoms with E-state index in [1.54, 1.807) is 0 Å². The predicted octanol–water partition coefficient (Wildman–Crippen LogP) is 9.00. The Bertz CT molecular complexity index is 1090. The molecule has 152 valence electrons. The monoisotopic (exact) mass is 392 g/mol. The first-order chi connectivity index (χ1) is 14.7. The first-order valence-corrected chi connectivity index (χ1v) is 11.4. The molecular formula is C30H32. The van der Waals surface area contributed by atoms with E-state index in [0.29, 0.717) is 0 Å². The number of benzene rings is 4. The second-order valence-corrected chi connectivity index (χ2v) is 8.50. The molecule has 0 aliphatic carbocycles. The molecule has 0 radical (unpaired) electrons. The molecule has 0 nitrogen and oxygen atoms in total. The minimum Gasteiger partial charge on any atom is -0.0654 e. The highest BCUT2D eigenvalue weighted by Crippen LogP contribution is 2.28. The maximum Gasteiger partial charge on any atom is -0.0178 e. The molecule has 0 heterocycles. The Morgan fingerprint density at radius 2 is 1.03 bits per heavy atom. The number of hydrogen-bond acceptors (Lipinski definition) is 0. The molecule has 4 rings (SSSR count). The van der Waals surface area contributed by atoms with Crippen LogP contribution in [0, 0.1) is 6.92 Å². The Balaban J connectivity index is 1.48. The van der Waals surface area contributed by atoms with Crippen molar-refractivity contribution >= 4 is 10.8 Å². The molecular weight excluding hydrogens is 360 g/mol. The molecule has 0 N–H and O–H groups in total. The van der Waals surface area contributed by atoms with Gasteiger partial charge in [0, 0.05) is 0 Å². The van der Waals surface area contributed by atoms with E-state index in [0.717, 1.165) is 0 Å². The fourth-order valence-electron chi connectivity index (χ4n) is 4.16. The van der Waals surface area contributed by atoms with Crippen LogP contribution in [0.3, 0.4) is 0 Å². The van der Waals surface area contributed by atoms with Crippen LogP contribution in [0.5, 0.6) is 0 Å². The Morgan fingerprint density at radius 1 is 0.500 bits per heavy atom. The van der Waals surface area contributed by atoms with Gasteiger partial charge in [-0.15, -0.1) is 0 Å². The SMILES string of the molecule is CCCCCCCc1ccc2cc(-c3ccc(-c4ccc(C)cc4)cc3)ccc2c1. The number of hydrogen-bond donors (Lipinski definition) is 0. The molecule has 0 atom stereocenters. The van der Waals surface area contributed by atoms with Gasteiger partial charge in [0.1, 0.15) is 0 Å². The topological polar surface area (TPSA) is 0 Å². The zero-order chi connectivity index (χ0) is 20.8. The molecule has 0 heteroatoms. The summed E-state index contributed by atoms with van der Waals surface area (Å²) in [7, 11) is 0. The Hall–Kier alpha value is -2.86. The van der Waals surface area contributed by atoms with Crippen LogP contribution < -0.4 is 0 Å². The summed E-state index contributed by atoms with van der Waals surface area (Å²) in [6, 6.07) is 31.5. The molecule has 30 heavy (non-hydrogen) atoms. The minimum atomic E-state index is 1.20. The summed E-state index contributed by atoms with van der Waals surface area (Å²) in [5.41, 5.74) is 7.86. The standard InChI is InChI=1S/C30H32/c1-3-4-5-6-7-8-24-11-14-30-22-29(20-19-28(30)21-24)27-17-15-26(16-18-27)25-12-9-23(2)10-13-25/h9-22H,3-8H2,1-2H3. The smallest absolute Gasteiger partial charge is 0.0178 e. The van der Waals surface area contributed by atoms with Gasteiger partial charge in [0.15, 0.2) is 0 Å². The molecule has 0 saturated heterocycles. The number of fused-ring (bicyclic) bond motifs is 1. The van der Waals surface area contributed by atoms with E-state index in [2.05, 4.69) is 98.8 Å². The lowest BCUT2D eigenvalue weighted by Gasteiger charge is -2.08. The highest BCUT2D eigenvalue weighted by atomic mass is 14.1. The summed E-state index contributed by atoms with van der Waals surface area (Å²) < 4.78 is 0. The molecule has 4 aromatic carbocycles. The van der Waals surface area contributed by atoms with Crippen LogP contribution in [0.15, 0.2) is 84.9 Å². The van der Waals surface area contributed by atoms with E-state index in [9.17, 15) is 0 Å². The van der Waals surface area contributed by atoms with Crippen molar-refractivity contribution < 1.29 is 0 Å². The van der Waals surface area contributed by atoms with Crippen molar-refractivity contribution in [2.75, 3.05) is 0 Å². The molecule has 0 aromatic heterocycles.